The van der Waals surface area contributed by atoms with Crippen molar-refractivity contribution in [1.29, 1.82) is 0 Å². The fraction of sp³-hybridized carbons (Fsp3) is 0.609. The molecule has 2 aliphatic heterocycles. The summed E-state index contributed by atoms with van der Waals surface area (Å²) in [6.45, 7) is 2.90. The molecule has 0 saturated carbocycles. The summed E-state index contributed by atoms with van der Waals surface area (Å²) in [5, 5.41) is 15.3. The number of carbonyl (C=O) groups excluding carboxylic acids is 3. The average molecular weight is 446 g/mol. The molecular weight excluding hydrogens is 410 g/mol. The van der Waals surface area contributed by atoms with Gasteiger partial charge in [0.15, 0.2) is 0 Å². The number of piperidine rings is 1. The van der Waals surface area contributed by atoms with Crippen LogP contribution in [0, 0.1) is 11.8 Å². The quantitative estimate of drug-likeness (QED) is 0.211. The van der Waals surface area contributed by atoms with Crippen LogP contribution in [0.4, 0.5) is 0 Å². The number of hydroxylamine groups is 1. The third-order valence-electron chi connectivity index (χ3n) is 6.53. The summed E-state index contributed by atoms with van der Waals surface area (Å²) in [5.41, 5.74) is 8.38. The molecule has 2 unspecified atom stereocenters. The van der Waals surface area contributed by atoms with Crippen LogP contribution in [0.5, 0.6) is 0 Å². The average Bonchev–Trinajstić information content (AvgIpc) is 3.32. The minimum atomic E-state index is -0.730. The molecule has 9 nitrogen and oxygen atoms in total. The highest BCUT2D eigenvalue weighted by molar-refractivity contribution is 5.90. The van der Waals surface area contributed by atoms with Gasteiger partial charge in [0.05, 0.1) is 12.0 Å². The van der Waals surface area contributed by atoms with Crippen molar-refractivity contribution in [3.63, 3.8) is 0 Å². The predicted octanol–water partition coefficient (Wildman–Crippen LogP) is 0.347. The van der Waals surface area contributed by atoms with E-state index in [2.05, 4.69) is 22.8 Å². The van der Waals surface area contributed by atoms with Gasteiger partial charge in [0, 0.05) is 32.0 Å². The molecule has 2 saturated heterocycles. The summed E-state index contributed by atoms with van der Waals surface area (Å²) < 4.78 is 0. The number of likely N-dealkylation sites (tertiary alicyclic amines) is 1. The maximum absolute atomic E-state index is 13.3. The van der Waals surface area contributed by atoms with E-state index in [1.807, 2.05) is 18.2 Å². The van der Waals surface area contributed by atoms with E-state index in [4.69, 9.17) is 5.73 Å². The zero-order valence-electron chi connectivity index (χ0n) is 18.5. The van der Waals surface area contributed by atoms with Crippen molar-refractivity contribution in [1.82, 2.24) is 21.0 Å². The van der Waals surface area contributed by atoms with Crippen LogP contribution in [-0.2, 0) is 14.4 Å². The van der Waals surface area contributed by atoms with Crippen molar-refractivity contribution in [2.75, 3.05) is 32.7 Å². The Bertz CT molecular complexity index is 775. The second-order valence-corrected chi connectivity index (χ2v) is 8.80. The number of unbranched alkanes of at least 4 members (excludes halogenated alkanes) is 1. The lowest BCUT2D eigenvalue weighted by Crippen LogP contribution is -2.58. The van der Waals surface area contributed by atoms with Crippen LogP contribution in [0.3, 0.4) is 0 Å². The third-order valence-corrected chi connectivity index (χ3v) is 6.53. The second kappa shape index (κ2) is 11.9. The van der Waals surface area contributed by atoms with Crippen LogP contribution < -0.4 is 21.8 Å². The van der Waals surface area contributed by atoms with Gasteiger partial charge in [-0.15, -0.1) is 0 Å². The van der Waals surface area contributed by atoms with Crippen LogP contribution in [-0.4, -0.2) is 66.6 Å². The molecule has 0 aliphatic carbocycles. The first-order valence-electron chi connectivity index (χ1n) is 11.5. The number of benzene rings is 1. The molecule has 0 radical (unpaired) electrons. The summed E-state index contributed by atoms with van der Waals surface area (Å²) in [7, 11) is 0. The number of hydrogen-bond acceptors (Lipinski definition) is 6. The van der Waals surface area contributed by atoms with Gasteiger partial charge in [-0.3, -0.25) is 19.6 Å². The predicted molar refractivity (Wildman–Crippen MR) is 120 cm³/mol. The Morgan fingerprint density at radius 1 is 1.19 bits per heavy atom. The number of hydrogen-bond donors (Lipinski definition) is 5. The van der Waals surface area contributed by atoms with Crippen molar-refractivity contribution < 1.29 is 19.6 Å². The molecule has 1 aromatic rings. The molecule has 4 atom stereocenters. The normalized spacial score (nSPS) is 25.4. The molecule has 1 aromatic carbocycles. The lowest BCUT2D eigenvalue weighted by atomic mass is 9.81. The topological polar surface area (TPSA) is 137 Å². The molecular formula is C23H35N5O4. The maximum Gasteiger partial charge on any atom is 0.248 e. The molecule has 9 heteroatoms. The molecule has 32 heavy (non-hydrogen) atoms. The van der Waals surface area contributed by atoms with Crippen molar-refractivity contribution >= 4 is 17.7 Å². The largest absolute Gasteiger partial charge is 0.356 e. The summed E-state index contributed by atoms with van der Waals surface area (Å²) in [5.74, 6) is -1.33. The third kappa shape index (κ3) is 6.27. The van der Waals surface area contributed by atoms with Gasteiger partial charge in [-0.1, -0.05) is 30.3 Å². The van der Waals surface area contributed by atoms with Crippen molar-refractivity contribution in [3.05, 3.63) is 35.9 Å². The zero-order valence-corrected chi connectivity index (χ0v) is 18.5. The number of nitrogens with one attached hydrogen (secondary N) is 3. The van der Waals surface area contributed by atoms with Crippen LogP contribution in [0.15, 0.2) is 30.3 Å². The molecule has 176 valence electrons. The van der Waals surface area contributed by atoms with Crippen LogP contribution in [0.1, 0.15) is 43.6 Å². The lowest BCUT2D eigenvalue weighted by Gasteiger charge is -2.36. The first-order chi connectivity index (χ1) is 15.5. The highest BCUT2D eigenvalue weighted by Crippen LogP contribution is 2.30. The molecule has 0 spiro atoms. The van der Waals surface area contributed by atoms with E-state index in [-0.39, 0.29) is 30.1 Å². The first-order valence-corrected chi connectivity index (χ1v) is 11.5. The van der Waals surface area contributed by atoms with Crippen molar-refractivity contribution in [2.24, 2.45) is 17.6 Å². The number of amides is 3. The molecule has 3 rings (SSSR count). The Balaban J connectivity index is 1.56. The minimum Gasteiger partial charge on any atom is -0.356 e. The Hall–Kier alpha value is -2.49. The number of nitrogens with zero attached hydrogens (tertiary/aromatic N) is 1. The van der Waals surface area contributed by atoms with Crippen LogP contribution >= 0.6 is 0 Å². The van der Waals surface area contributed by atoms with E-state index in [1.165, 1.54) is 5.56 Å². The first kappa shape index (κ1) is 24.2. The van der Waals surface area contributed by atoms with Gasteiger partial charge < -0.3 is 21.3 Å². The minimum absolute atomic E-state index is 0.0769. The van der Waals surface area contributed by atoms with E-state index in [1.54, 1.807) is 10.4 Å². The maximum atomic E-state index is 13.3. The lowest BCUT2D eigenvalue weighted by molar-refractivity contribution is -0.144. The summed E-state index contributed by atoms with van der Waals surface area (Å²) in [4.78, 5) is 39.6. The molecule has 2 aliphatic rings. The Morgan fingerprint density at radius 2 is 1.97 bits per heavy atom. The van der Waals surface area contributed by atoms with Gasteiger partial charge >= 0.3 is 0 Å². The van der Waals surface area contributed by atoms with Crippen molar-refractivity contribution in [2.45, 2.75) is 44.1 Å². The smallest absolute Gasteiger partial charge is 0.248 e. The van der Waals surface area contributed by atoms with Gasteiger partial charge in [-0.2, -0.15) is 0 Å². The van der Waals surface area contributed by atoms with Crippen LogP contribution in [0.2, 0.25) is 0 Å². The van der Waals surface area contributed by atoms with E-state index in [0.29, 0.717) is 39.1 Å². The van der Waals surface area contributed by atoms with Gasteiger partial charge in [0.1, 0.15) is 0 Å². The molecule has 2 fully saturated rings. The fourth-order valence-corrected chi connectivity index (χ4v) is 4.76. The summed E-state index contributed by atoms with van der Waals surface area (Å²) >= 11 is 0. The summed E-state index contributed by atoms with van der Waals surface area (Å²) in [6, 6.07) is 9.41. The highest BCUT2D eigenvalue weighted by atomic mass is 16.5. The van der Waals surface area contributed by atoms with E-state index in [0.717, 1.165) is 19.3 Å². The van der Waals surface area contributed by atoms with Gasteiger partial charge in [-0.05, 0) is 50.3 Å². The van der Waals surface area contributed by atoms with Crippen LogP contribution in [0.25, 0.3) is 0 Å². The van der Waals surface area contributed by atoms with E-state index >= 15 is 0 Å². The molecule has 2 heterocycles. The van der Waals surface area contributed by atoms with Gasteiger partial charge in [-0.25, -0.2) is 5.48 Å². The molecule has 0 bridgehead atoms. The van der Waals surface area contributed by atoms with Gasteiger partial charge in [0.2, 0.25) is 17.7 Å². The van der Waals surface area contributed by atoms with E-state index in [9.17, 15) is 19.6 Å². The number of rotatable bonds is 9. The van der Waals surface area contributed by atoms with Gasteiger partial charge in [0.25, 0.3) is 0 Å². The SMILES string of the molecule is NCCCCNC(=O)CC1CN[C@H](C(=O)N2CCC(c3ccccc3)C2)[C@@H](C(=O)NO)C1. The van der Waals surface area contributed by atoms with Crippen molar-refractivity contribution in [3.8, 4) is 0 Å². The molecule has 6 N–H and O–H groups in total. The number of carbonyl (C=O) groups is 3. The molecule has 0 aromatic heterocycles. The summed E-state index contributed by atoms with van der Waals surface area (Å²) in [6.07, 6.45) is 3.20. The highest BCUT2D eigenvalue weighted by Gasteiger charge is 2.42. The Kier molecular flexibility index (Phi) is 9.01. The standard InChI is InChI=1S/C23H35N5O4/c24-9-4-5-10-25-20(29)13-16-12-19(22(30)27-32)21(26-14-16)23(31)28-11-8-18(15-28)17-6-2-1-3-7-17/h1-3,6-7,16,18-19,21,26,32H,4-5,8-15,24H2,(H,25,29)(H,27,30)/t16?,18?,19-,21-/m0/s1. The molecule has 3 amide bonds. The Labute approximate surface area is 189 Å². The van der Waals surface area contributed by atoms with E-state index < -0.39 is 17.9 Å². The monoisotopic (exact) mass is 445 g/mol. The fourth-order valence-electron chi connectivity index (χ4n) is 4.76. The Morgan fingerprint density at radius 3 is 2.69 bits per heavy atom. The number of nitrogens with two attached hydrogens (primary N) is 1. The zero-order chi connectivity index (χ0) is 22.9. The second-order valence-electron chi connectivity index (χ2n) is 8.80.